The van der Waals surface area contributed by atoms with Crippen molar-refractivity contribution in [1.82, 2.24) is 29.4 Å². The molecule has 242 valence electrons. The molecule has 4 aromatic rings. The molecule has 0 saturated carbocycles. The largest absolute Gasteiger partial charge is 0.496 e. The van der Waals surface area contributed by atoms with E-state index >= 15 is 0 Å². The Kier molecular flexibility index (Phi) is 9.56. The van der Waals surface area contributed by atoms with Crippen molar-refractivity contribution >= 4 is 27.5 Å². The van der Waals surface area contributed by atoms with Crippen LogP contribution in [-0.4, -0.2) is 63.0 Å². The number of aromatic nitrogens is 5. The molecule has 3 aromatic heterocycles. The van der Waals surface area contributed by atoms with Crippen LogP contribution in [0.25, 0.3) is 15.2 Å². The molecule has 1 aromatic carbocycles. The number of thiophene rings is 1. The van der Waals surface area contributed by atoms with Gasteiger partial charge in [-0.15, -0.1) is 4.80 Å². The molecule has 4 heterocycles. The molecule has 0 radical (unpaired) electrons. The lowest BCUT2D eigenvalue weighted by Gasteiger charge is -2.30. The van der Waals surface area contributed by atoms with Gasteiger partial charge in [0.1, 0.15) is 33.0 Å². The number of hydrogen-bond acceptors (Lipinski definition) is 9. The van der Waals surface area contributed by atoms with Crippen molar-refractivity contribution in [2.45, 2.75) is 71.8 Å². The van der Waals surface area contributed by atoms with E-state index in [9.17, 15) is 18.8 Å². The van der Waals surface area contributed by atoms with Gasteiger partial charge in [-0.05, 0) is 57.7 Å². The summed E-state index contributed by atoms with van der Waals surface area (Å²) in [7, 11) is 1.48. The Morgan fingerprint density at radius 1 is 1.20 bits per heavy atom. The third-order valence-corrected chi connectivity index (χ3v) is 9.27. The lowest BCUT2D eigenvalue weighted by molar-refractivity contribution is -0.128. The van der Waals surface area contributed by atoms with Gasteiger partial charge >= 0.3 is 5.69 Å². The number of carbonyl (C=O) groups excluding carboxylic acids is 1. The maximum atomic E-state index is 14.7. The number of carbonyl (C=O) groups is 1. The van der Waals surface area contributed by atoms with E-state index in [1.807, 2.05) is 13.8 Å². The number of amides is 1. The first-order chi connectivity index (χ1) is 21.4. The summed E-state index contributed by atoms with van der Waals surface area (Å²) in [6, 6.07) is 4.15. The summed E-state index contributed by atoms with van der Waals surface area (Å²) < 4.78 is 34.8. The zero-order valence-electron chi connectivity index (χ0n) is 26.3. The molecule has 1 unspecified atom stereocenters. The van der Waals surface area contributed by atoms with Gasteiger partial charge in [0.05, 0.1) is 37.5 Å². The van der Waals surface area contributed by atoms with E-state index in [0.717, 1.165) is 4.57 Å². The van der Waals surface area contributed by atoms with Crippen molar-refractivity contribution in [3.63, 3.8) is 0 Å². The molecule has 1 saturated heterocycles. The third-order valence-electron chi connectivity index (χ3n) is 7.99. The standard InChI is InChI=1S/C31H39FN6O6S/c1-18(2)16-33-29(40)31(4,5)37-26(39)25-19(3)27(38-34-11-12-35-38)45-28(25)36(30(37)41)17-24(44-21-9-13-43-14-10-21)22-15-20(32)7-8-23(22)42-6/h7-8,11-12,15,18,21,24H,9-10,13-14,16-17H2,1-6H3,(H,33,40). The van der Waals surface area contributed by atoms with Crippen LogP contribution in [-0.2, 0) is 26.4 Å². The zero-order valence-corrected chi connectivity index (χ0v) is 27.1. The number of fused-ring (bicyclic) bond motifs is 1. The van der Waals surface area contributed by atoms with Gasteiger partial charge < -0.3 is 19.5 Å². The van der Waals surface area contributed by atoms with Crippen molar-refractivity contribution in [2.24, 2.45) is 5.92 Å². The van der Waals surface area contributed by atoms with Crippen molar-refractivity contribution < 1.29 is 23.4 Å². The second-order valence-electron chi connectivity index (χ2n) is 12.1. The fourth-order valence-electron chi connectivity index (χ4n) is 5.50. The Morgan fingerprint density at radius 2 is 1.89 bits per heavy atom. The molecule has 1 aliphatic rings. The summed E-state index contributed by atoms with van der Waals surface area (Å²) in [5, 5.41) is 12.2. The van der Waals surface area contributed by atoms with Gasteiger partial charge in [-0.2, -0.15) is 10.2 Å². The minimum absolute atomic E-state index is 0.0948. The second kappa shape index (κ2) is 13.2. The molecule has 1 amide bonds. The Hall–Kier alpha value is -3.88. The maximum Gasteiger partial charge on any atom is 0.333 e. The summed E-state index contributed by atoms with van der Waals surface area (Å²) in [6.45, 7) is 10.1. The number of hydrogen-bond donors (Lipinski definition) is 1. The molecule has 14 heteroatoms. The first kappa shape index (κ1) is 32.5. The third kappa shape index (κ3) is 6.44. The number of rotatable bonds is 11. The highest BCUT2D eigenvalue weighted by Crippen LogP contribution is 2.35. The number of methoxy groups -OCH3 is 1. The summed E-state index contributed by atoms with van der Waals surface area (Å²) in [6.07, 6.45) is 3.21. The summed E-state index contributed by atoms with van der Waals surface area (Å²) in [5.74, 6) is -0.405. The summed E-state index contributed by atoms with van der Waals surface area (Å²) in [5.41, 5.74) is -1.88. The average Bonchev–Trinajstić information content (AvgIpc) is 3.66. The van der Waals surface area contributed by atoms with E-state index in [1.165, 1.54) is 58.4 Å². The van der Waals surface area contributed by atoms with E-state index in [2.05, 4.69) is 15.5 Å². The first-order valence-electron chi connectivity index (χ1n) is 14.9. The van der Waals surface area contributed by atoms with Crippen LogP contribution in [0.3, 0.4) is 0 Å². The van der Waals surface area contributed by atoms with E-state index < -0.39 is 34.6 Å². The van der Waals surface area contributed by atoms with Crippen molar-refractivity contribution in [3.8, 4) is 10.8 Å². The van der Waals surface area contributed by atoms with E-state index in [4.69, 9.17) is 14.2 Å². The SMILES string of the molecule is COc1ccc(F)cc1C(Cn1c(=O)n(C(C)(C)C(=O)NCC(C)C)c(=O)c2c(C)c(-n3nccn3)sc21)OC1CCOCC1. The van der Waals surface area contributed by atoms with Crippen molar-refractivity contribution in [3.05, 3.63) is 68.4 Å². The maximum absolute atomic E-state index is 14.7. The highest BCUT2D eigenvalue weighted by atomic mass is 32.1. The molecular weight excluding hydrogens is 603 g/mol. The highest BCUT2D eigenvalue weighted by Gasteiger charge is 2.36. The van der Waals surface area contributed by atoms with Crippen molar-refractivity contribution in [1.29, 1.82) is 0 Å². The van der Waals surface area contributed by atoms with Crippen LogP contribution in [0.4, 0.5) is 4.39 Å². The number of halogens is 1. The topological polar surface area (TPSA) is 132 Å². The quantitative estimate of drug-likeness (QED) is 0.262. The Balaban J connectivity index is 1.74. The molecular formula is C31H39FN6O6S. The normalized spacial score (nSPS) is 15.1. The molecule has 1 N–H and O–H groups in total. The molecule has 0 spiro atoms. The van der Waals surface area contributed by atoms with Crippen LogP contribution in [0.5, 0.6) is 5.75 Å². The summed E-state index contributed by atoms with van der Waals surface area (Å²) in [4.78, 5) is 44.0. The Morgan fingerprint density at radius 3 is 2.53 bits per heavy atom. The highest BCUT2D eigenvalue weighted by molar-refractivity contribution is 7.21. The number of nitrogens with zero attached hydrogens (tertiary/aromatic N) is 5. The lowest BCUT2D eigenvalue weighted by atomic mass is 10.0. The fraction of sp³-hybridized carbons (Fsp3) is 0.516. The van der Waals surface area contributed by atoms with Gasteiger partial charge in [-0.1, -0.05) is 25.2 Å². The van der Waals surface area contributed by atoms with Crippen molar-refractivity contribution in [2.75, 3.05) is 26.9 Å². The van der Waals surface area contributed by atoms with Gasteiger partial charge in [0.15, 0.2) is 0 Å². The van der Waals surface area contributed by atoms with Gasteiger partial charge in [0.25, 0.3) is 5.56 Å². The van der Waals surface area contributed by atoms with Crippen LogP contribution >= 0.6 is 11.3 Å². The minimum atomic E-state index is -1.55. The van der Waals surface area contributed by atoms with E-state index in [1.54, 1.807) is 20.8 Å². The molecule has 12 nitrogen and oxygen atoms in total. The number of nitrogens with one attached hydrogen (secondary N) is 1. The number of ether oxygens (including phenoxy) is 3. The fourth-order valence-corrected chi connectivity index (χ4v) is 6.72. The van der Waals surface area contributed by atoms with Crippen LogP contribution in [0, 0.1) is 18.7 Å². The molecule has 5 rings (SSSR count). The van der Waals surface area contributed by atoms with Crippen LogP contribution in [0.15, 0.2) is 40.2 Å². The molecule has 45 heavy (non-hydrogen) atoms. The van der Waals surface area contributed by atoms with Crippen LogP contribution < -0.4 is 21.3 Å². The molecule has 1 aliphatic heterocycles. The summed E-state index contributed by atoms with van der Waals surface area (Å²) >= 11 is 1.18. The van der Waals surface area contributed by atoms with Crippen LogP contribution in [0.1, 0.15) is 57.8 Å². The monoisotopic (exact) mass is 642 g/mol. The van der Waals surface area contributed by atoms with E-state index in [0.29, 0.717) is 59.3 Å². The first-order valence-corrected chi connectivity index (χ1v) is 15.8. The van der Waals surface area contributed by atoms with Gasteiger partial charge in [0, 0.05) is 30.9 Å². The number of aryl methyl sites for hydroxylation is 1. The van der Waals surface area contributed by atoms with Gasteiger partial charge in [-0.25, -0.2) is 13.8 Å². The van der Waals surface area contributed by atoms with E-state index in [-0.39, 0.29) is 24.0 Å². The minimum Gasteiger partial charge on any atom is -0.496 e. The van der Waals surface area contributed by atoms with Gasteiger partial charge in [-0.3, -0.25) is 14.2 Å². The van der Waals surface area contributed by atoms with Gasteiger partial charge in [0.2, 0.25) is 5.91 Å². The second-order valence-corrected chi connectivity index (χ2v) is 13.0. The number of benzene rings is 1. The van der Waals surface area contributed by atoms with Crippen LogP contribution in [0.2, 0.25) is 0 Å². The Bertz CT molecular complexity index is 1790. The molecule has 0 bridgehead atoms. The smallest absolute Gasteiger partial charge is 0.333 e. The molecule has 1 fully saturated rings. The Labute approximate surface area is 263 Å². The zero-order chi connectivity index (χ0) is 32.5. The average molecular weight is 643 g/mol. The molecule has 1 atom stereocenters. The lowest BCUT2D eigenvalue weighted by Crippen LogP contribution is -2.56. The predicted octanol–water partition coefficient (Wildman–Crippen LogP) is 3.71. The predicted molar refractivity (Wildman–Crippen MR) is 168 cm³/mol. The molecule has 0 aliphatic carbocycles.